The molecule has 1 aromatic rings. The molecule has 0 amide bonds. The average molecular weight is 317 g/mol. The van der Waals surface area contributed by atoms with Crippen LogP contribution in [0.25, 0.3) is 0 Å². The molecule has 118 valence electrons. The van der Waals surface area contributed by atoms with Crippen molar-refractivity contribution in [3.63, 3.8) is 0 Å². The topological polar surface area (TPSA) is 84.7 Å². The Bertz CT molecular complexity index is 588. The van der Waals surface area contributed by atoms with E-state index in [-0.39, 0.29) is 16.6 Å². The van der Waals surface area contributed by atoms with Crippen LogP contribution in [-0.4, -0.2) is 52.2 Å². The van der Waals surface area contributed by atoms with Crippen molar-refractivity contribution in [2.24, 2.45) is 0 Å². The quantitative estimate of drug-likeness (QED) is 0.768. The SMILES string of the molecule is CC(CN1CCOCC1)NS(=O)(=O)c1cccc(F)c1N. The van der Waals surface area contributed by atoms with Crippen molar-refractivity contribution in [1.82, 2.24) is 9.62 Å². The Morgan fingerprint density at radius 3 is 2.76 bits per heavy atom. The maximum absolute atomic E-state index is 13.4. The highest BCUT2D eigenvalue weighted by molar-refractivity contribution is 7.89. The predicted molar refractivity (Wildman–Crippen MR) is 77.9 cm³/mol. The van der Waals surface area contributed by atoms with Gasteiger partial charge in [0.05, 0.1) is 18.9 Å². The molecule has 1 atom stereocenters. The van der Waals surface area contributed by atoms with E-state index in [9.17, 15) is 12.8 Å². The predicted octanol–water partition coefficient (Wildman–Crippen LogP) is 0.407. The van der Waals surface area contributed by atoms with Gasteiger partial charge in [-0.1, -0.05) is 6.07 Å². The van der Waals surface area contributed by atoms with E-state index in [1.807, 2.05) is 0 Å². The van der Waals surface area contributed by atoms with Crippen LogP contribution in [0.5, 0.6) is 0 Å². The number of para-hydroxylation sites is 1. The molecule has 0 radical (unpaired) electrons. The second-order valence-electron chi connectivity index (χ2n) is 5.09. The first-order chi connectivity index (χ1) is 9.90. The van der Waals surface area contributed by atoms with Crippen LogP contribution in [0.3, 0.4) is 0 Å². The van der Waals surface area contributed by atoms with Crippen molar-refractivity contribution < 1.29 is 17.5 Å². The minimum Gasteiger partial charge on any atom is -0.395 e. The number of benzene rings is 1. The molecule has 0 aromatic heterocycles. The van der Waals surface area contributed by atoms with Gasteiger partial charge in [0.2, 0.25) is 10.0 Å². The Hall–Kier alpha value is -1.22. The summed E-state index contributed by atoms with van der Waals surface area (Å²) in [6, 6.07) is 3.44. The number of halogens is 1. The number of nitrogens with one attached hydrogen (secondary N) is 1. The number of hydrogen-bond acceptors (Lipinski definition) is 5. The van der Waals surface area contributed by atoms with Gasteiger partial charge in [-0.2, -0.15) is 0 Å². The molecule has 0 aliphatic carbocycles. The molecule has 1 aliphatic heterocycles. The molecule has 1 unspecified atom stereocenters. The van der Waals surface area contributed by atoms with Gasteiger partial charge in [-0.05, 0) is 19.1 Å². The molecular weight excluding hydrogens is 297 g/mol. The van der Waals surface area contributed by atoms with Gasteiger partial charge in [0, 0.05) is 25.7 Å². The summed E-state index contributed by atoms with van der Waals surface area (Å²) in [5, 5.41) is 0. The minimum atomic E-state index is -3.84. The largest absolute Gasteiger partial charge is 0.395 e. The molecule has 21 heavy (non-hydrogen) atoms. The third-order valence-corrected chi connectivity index (χ3v) is 4.94. The van der Waals surface area contributed by atoms with Crippen molar-refractivity contribution in [2.75, 3.05) is 38.6 Å². The van der Waals surface area contributed by atoms with E-state index in [4.69, 9.17) is 10.5 Å². The number of sulfonamides is 1. The third kappa shape index (κ3) is 4.13. The first-order valence-electron chi connectivity index (χ1n) is 6.76. The number of nitrogens with two attached hydrogens (primary N) is 1. The second-order valence-corrected chi connectivity index (χ2v) is 6.77. The van der Waals surface area contributed by atoms with Crippen LogP contribution in [0.4, 0.5) is 10.1 Å². The van der Waals surface area contributed by atoms with E-state index in [0.717, 1.165) is 19.2 Å². The van der Waals surface area contributed by atoms with Gasteiger partial charge in [-0.3, -0.25) is 4.90 Å². The van der Waals surface area contributed by atoms with Crippen LogP contribution in [-0.2, 0) is 14.8 Å². The lowest BCUT2D eigenvalue weighted by atomic mass is 10.3. The number of nitrogen functional groups attached to an aromatic ring is 1. The van der Waals surface area contributed by atoms with Gasteiger partial charge in [-0.25, -0.2) is 17.5 Å². The van der Waals surface area contributed by atoms with E-state index < -0.39 is 15.8 Å². The standard InChI is InChI=1S/C13H20FN3O3S/c1-10(9-17-5-7-20-8-6-17)16-21(18,19)12-4-2-3-11(14)13(12)15/h2-4,10,16H,5-9,15H2,1H3. The van der Waals surface area contributed by atoms with Gasteiger partial charge in [0.25, 0.3) is 0 Å². The van der Waals surface area contributed by atoms with Gasteiger partial charge < -0.3 is 10.5 Å². The summed E-state index contributed by atoms with van der Waals surface area (Å²) in [6.07, 6.45) is 0. The molecule has 3 N–H and O–H groups in total. The fourth-order valence-electron chi connectivity index (χ4n) is 2.29. The lowest BCUT2D eigenvalue weighted by Crippen LogP contribution is -2.46. The molecule has 1 aromatic carbocycles. The molecule has 2 rings (SSSR count). The third-order valence-electron chi connectivity index (χ3n) is 3.29. The summed E-state index contributed by atoms with van der Waals surface area (Å²) >= 11 is 0. The Balaban J connectivity index is 2.04. The van der Waals surface area contributed by atoms with Crippen molar-refractivity contribution in [3.8, 4) is 0 Å². The number of morpholine rings is 1. The highest BCUT2D eigenvalue weighted by Crippen LogP contribution is 2.21. The monoisotopic (exact) mass is 317 g/mol. The Morgan fingerprint density at radius 2 is 2.10 bits per heavy atom. The highest BCUT2D eigenvalue weighted by atomic mass is 32.2. The number of hydrogen-bond donors (Lipinski definition) is 2. The van der Waals surface area contributed by atoms with Crippen LogP contribution in [0.2, 0.25) is 0 Å². The van der Waals surface area contributed by atoms with Crippen LogP contribution in [0.15, 0.2) is 23.1 Å². The summed E-state index contributed by atoms with van der Waals surface area (Å²) in [7, 11) is -3.84. The summed E-state index contributed by atoms with van der Waals surface area (Å²) in [4.78, 5) is 1.89. The number of ether oxygens (including phenoxy) is 1. The number of nitrogens with zero attached hydrogens (tertiary/aromatic N) is 1. The van der Waals surface area contributed by atoms with E-state index in [1.165, 1.54) is 12.1 Å². The maximum atomic E-state index is 13.4. The molecular formula is C13H20FN3O3S. The minimum absolute atomic E-state index is 0.226. The van der Waals surface area contributed by atoms with E-state index >= 15 is 0 Å². The fraction of sp³-hybridized carbons (Fsp3) is 0.538. The lowest BCUT2D eigenvalue weighted by Gasteiger charge is -2.29. The van der Waals surface area contributed by atoms with Crippen LogP contribution >= 0.6 is 0 Å². The lowest BCUT2D eigenvalue weighted by molar-refractivity contribution is 0.0354. The van der Waals surface area contributed by atoms with Crippen LogP contribution in [0, 0.1) is 5.82 Å². The molecule has 1 aliphatic rings. The summed E-state index contributed by atoms with van der Waals surface area (Å²) in [6.45, 7) is 5.18. The molecule has 1 fully saturated rings. The van der Waals surface area contributed by atoms with Crippen molar-refractivity contribution >= 4 is 15.7 Å². The second kappa shape index (κ2) is 6.69. The summed E-state index contributed by atoms with van der Waals surface area (Å²) in [5.41, 5.74) is 5.15. The Morgan fingerprint density at radius 1 is 1.43 bits per heavy atom. The first kappa shape index (κ1) is 16.2. The van der Waals surface area contributed by atoms with E-state index in [2.05, 4.69) is 9.62 Å². The van der Waals surface area contributed by atoms with Gasteiger partial charge in [-0.15, -0.1) is 0 Å². The zero-order valence-corrected chi connectivity index (χ0v) is 12.7. The normalized spacial score (nSPS) is 18.6. The van der Waals surface area contributed by atoms with Crippen LogP contribution in [0.1, 0.15) is 6.92 Å². The molecule has 0 bridgehead atoms. The Kier molecular flexibility index (Phi) is 5.15. The summed E-state index contributed by atoms with van der Waals surface area (Å²) in [5.74, 6) is -0.737. The zero-order valence-electron chi connectivity index (χ0n) is 11.9. The smallest absolute Gasteiger partial charge is 0.243 e. The zero-order chi connectivity index (χ0) is 15.5. The molecule has 0 spiro atoms. The van der Waals surface area contributed by atoms with Crippen LogP contribution < -0.4 is 10.5 Å². The number of rotatable bonds is 5. The molecule has 1 saturated heterocycles. The highest BCUT2D eigenvalue weighted by Gasteiger charge is 2.23. The van der Waals surface area contributed by atoms with Crippen molar-refractivity contribution in [1.29, 1.82) is 0 Å². The molecule has 0 saturated carbocycles. The van der Waals surface area contributed by atoms with Gasteiger partial charge >= 0.3 is 0 Å². The average Bonchev–Trinajstić information content (AvgIpc) is 2.42. The van der Waals surface area contributed by atoms with Crippen molar-refractivity contribution in [3.05, 3.63) is 24.0 Å². The Labute approximate surface area is 124 Å². The van der Waals surface area contributed by atoms with Gasteiger partial charge in [0.1, 0.15) is 10.7 Å². The molecule has 8 heteroatoms. The fourth-order valence-corrected chi connectivity index (χ4v) is 3.66. The maximum Gasteiger partial charge on any atom is 0.243 e. The molecule has 1 heterocycles. The van der Waals surface area contributed by atoms with Gasteiger partial charge in [0.15, 0.2) is 0 Å². The number of anilines is 1. The first-order valence-corrected chi connectivity index (χ1v) is 8.25. The molecule has 6 nitrogen and oxygen atoms in total. The summed E-state index contributed by atoms with van der Waals surface area (Å²) < 4.78 is 45.7. The van der Waals surface area contributed by atoms with E-state index in [0.29, 0.717) is 19.8 Å². The van der Waals surface area contributed by atoms with E-state index in [1.54, 1.807) is 6.92 Å². The van der Waals surface area contributed by atoms with Crippen molar-refractivity contribution in [2.45, 2.75) is 17.9 Å².